The van der Waals surface area contributed by atoms with E-state index >= 15 is 0 Å². The SMILES string of the molecule is COCCOC(=O)c1sc2nc(C[NH+]3C[C@H](C)C[C@@H](C)C3)[nH]c(=O)c2c1C. The highest BCUT2D eigenvalue weighted by Crippen LogP contribution is 2.27. The summed E-state index contributed by atoms with van der Waals surface area (Å²) in [6, 6.07) is 0. The Bertz CT molecular complexity index is 866. The highest BCUT2D eigenvalue weighted by Gasteiger charge is 2.26. The van der Waals surface area contributed by atoms with E-state index in [1.54, 1.807) is 14.0 Å². The fourth-order valence-electron chi connectivity index (χ4n) is 4.05. The normalized spacial score (nSPS) is 22.9. The van der Waals surface area contributed by atoms with Gasteiger partial charge in [-0.2, -0.15) is 0 Å². The fraction of sp³-hybridized carbons (Fsp3) is 0.632. The molecule has 3 rings (SSSR count). The third-order valence-electron chi connectivity index (χ3n) is 5.05. The molecule has 0 amide bonds. The molecule has 1 aliphatic heterocycles. The highest BCUT2D eigenvalue weighted by atomic mass is 32.1. The lowest BCUT2D eigenvalue weighted by molar-refractivity contribution is -0.926. The molecule has 0 saturated carbocycles. The number of nitrogens with zero attached hydrogens (tertiary/aromatic N) is 1. The molecule has 8 heteroatoms. The van der Waals surface area contributed by atoms with Crippen LogP contribution in [0.4, 0.5) is 0 Å². The smallest absolute Gasteiger partial charge is 0.348 e. The lowest BCUT2D eigenvalue weighted by Gasteiger charge is -2.31. The number of aromatic nitrogens is 2. The Balaban J connectivity index is 1.83. The van der Waals surface area contributed by atoms with Crippen LogP contribution in [0.1, 0.15) is 41.3 Å². The van der Waals surface area contributed by atoms with Gasteiger partial charge in [0.15, 0.2) is 5.82 Å². The van der Waals surface area contributed by atoms with Crippen molar-refractivity contribution in [2.24, 2.45) is 11.8 Å². The van der Waals surface area contributed by atoms with Gasteiger partial charge in [-0.05, 0) is 18.9 Å². The molecule has 1 aliphatic rings. The van der Waals surface area contributed by atoms with E-state index in [-0.39, 0.29) is 12.2 Å². The Labute approximate surface area is 162 Å². The maximum Gasteiger partial charge on any atom is 0.348 e. The summed E-state index contributed by atoms with van der Waals surface area (Å²) in [5.41, 5.74) is 0.447. The number of carbonyl (C=O) groups excluding carboxylic acids is 1. The first-order valence-corrected chi connectivity index (χ1v) is 10.2. The molecule has 2 aromatic rings. The molecule has 3 heterocycles. The summed E-state index contributed by atoms with van der Waals surface area (Å²) in [5, 5.41) is 0.484. The molecule has 27 heavy (non-hydrogen) atoms. The van der Waals surface area contributed by atoms with Crippen molar-refractivity contribution in [1.29, 1.82) is 0 Å². The number of quaternary nitrogens is 1. The minimum absolute atomic E-state index is 0.183. The minimum atomic E-state index is -0.433. The molecule has 2 aromatic heterocycles. The van der Waals surface area contributed by atoms with Gasteiger partial charge in [0.2, 0.25) is 0 Å². The van der Waals surface area contributed by atoms with Gasteiger partial charge in [-0.25, -0.2) is 9.78 Å². The topological polar surface area (TPSA) is 85.7 Å². The number of methoxy groups -OCH3 is 1. The van der Waals surface area contributed by atoms with Crippen LogP contribution in [0.5, 0.6) is 0 Å². The molecule has 2 atom stereocenters. The molecular formula is C19H28N3O4S+. The number of fused-ring (bicyclic) bond motifs is 1. The van der Waals surface area contributed by atoms with Crippen molar-refractivity contribution in [2.45, 2.75) is 33.7 Å². The second-order valence-electron chi connectivity index (χ2n) is 7.66. The number of hydrogen-bond donors (Lipinski definition) is 2. The van der Waals surface area contributed by atoms with E-state index in [1.807, 2.05) is 0 Å². The number of hydrogen-bond acceptors (Lipinski definition) is 6. The van der Waals surface area contributed by atoms with E-state index in [9.17, 15) is 9.59 Å². The first-order chi connectivity index (χ1) is 12.9. The lowest BCUT2D eigenvalue weighted by Crippen LogP contribution is -3.13. The predicted octanol–water partition coefficient (Wildman–Crippen LogP) is 1.16. The Morgan fingerprint density at radius 2 is 2.00 bits per heavy atom. The Morgan fingerprint density at radius 1 is 1.30 bits per heavy atom. The van der Waals surface area contributed by atoms with Crippen LogP contribution in [0.3, 0.4) is 0 Å². The summed E-state index contributed by atoms with van der Waals surface area (Å²) in [7, 11) is 1.55. The number of aryl methyl sites for hydroxylation is 1. The van der Waals surface area contributed by atoms with Gasteiger partial charge < -0.3 is 19.4 Å². The number of ether oxygens (including phenoxy) is 2. The molecule has 1 saturated heterocycles. The number of likely N-dealkylation sites (tertiary alicyclic amines) is 1. The van der Waals surface area contributed by atoms with E-state index in [4.69, 9.17) is 9.47 Å². The van der Waals surface area contributed by atoms with Gasteiger partial charge in [-0.1, -0.05) is 13.8 Å². The zero-order chi connectivity index (χ0) is 19.6. The number of nitrogens with one attached hydrogen (secondary N) is 2. The number of H-pyrrole nitrogens is 1. The van der Waals surface area contributed by atoms with Crippen molar-refractivity contribution in [3.63, 3.8) is 0 Å². The van der Waals surface area contributed by atoms with Gasteiger partial charge in [0.05, 0.1) is 25.1 Å². The van der Waals surface area contributed by atoms with Crippen LogP contribution in [0.2, 0.25) is 0 Å². The Morgan fingerprint density at radius 3 is 2.67 bits per heavy atom. The van der Waals surface area contributed by atoms with Crippen LogP contribution in [-0.2, 0) is 16.0 Å². The van der Waals surface area contributed by atoms with Gasteiger partial charge in [0.25, 0.3) is 5.56 Å². The van der Waals surface area contributed by atoms with Crippen LogP contribution >= 0.6 is 11.3 Å². The van der Waals surface area contributed by atoms with Crippen molar-refractivity contribution in [3.05, 3.63) is 26.6 Å². The van der Waals surface area contributed by atoms with Gasteiger partial charge in [0, 0.05) is 18.9 Å². The van der Waals surface area contributed by atoms with E-state index in [0.717, 1.165) is 13.1 Å². The number of carbonyl (C=O) groups is 1. The molecule has 148 valence electrons. The molecule has 1 fully saturated rings. The van der Waals surface area contributed by atoms with E-state index in [0.29, 0.717) is 51.5 Å². The second-order valence-corrected chi connectivity index (χ2v) is 8.66. The van der Waals surface area contributed by atoms with Crippen LogP contribution in [0, 0.1) is 18.8 Å². The third kappa shape index (κ3) is 4.56. The van der Waals surface area contributed by atoms with Crippen molar-refractivity contribution in [3.8, 4) is 0 Å². The van der Waals surface area contributed by atoms with Crippen molar-refractivity contribution >= 4 is 27.5 Å². The number of aromatic amines is 1. The average molecular weight is 395 g/mol. The van der Waals surface area contributed by atoms with Gasteiger partial charge in [-0.3, -0.25) is 4.79 Å². The molecule has 0 aliphatic carbocycles. The lowest BCUT2D eigenvalue weighted by atomic mass is 9.92. The van der Waals surface area contributed by atoms with Crippen LogP contribution in [-0.4, -0.2) is 49.4 Å². The third-order valence-corrected chi connectivity index (χ3v) is 6.22. The van der Waals surface area contributed by atoms with E-state index in [2.05, 4.69) is 23.8 Å². The summed E-state index contributed by atoms with van der Waals surface area (Å²) in [4.78, 5) is 34.9. The molecule has 7 nitrogen and oxygen atoms in total. The number of thiophene rings is 1. The Hall–Kier alpha value is -1.77. The number of piperidine rings is 1. The summed E-state index contributed by atoms with van der Waals surface area (Å²) in [5.74, 6) is 1.61. The maximum absolute atomic E-state index is 12.6. The maximum atomic E-state index is 12.6. The van der Waals surface area contributed by atoms with Gasteiger partial charge >= 0.3 is 5.97 Å². The standard InChI is InChI=1S/C19H27N3O4S/c1-11-7-12(2)9-22(8-11)10-14-20-17(23)15-13(3)16(27-18(15)21-14)19(24)26-6-5-25-4/h11-12H,5-10H2,1-4H3,(H,20,21,23)/p+1/t11-,12-/m1/s1. The summed E-state index contributed by atoms with van der Waals surface area (Å²) in [6.45, 7) is 9.73. The average Bonchev–Trinajstić information content (AvgIpc) is 2.91. The largest absolute Gasteiger partial charge is 0.459 e. The van der Waals surface area contributed by atoms with Crippen molar-refractivity contribution < 1.29 is 19.2 Å². The van der Waals surface area contributed by atoms with Crippen molar-refractivity contribution in [1.82, 2.24) is 9.97 Å². The number of rotatable bonds is 6. The fourth-order valence-corrected chi connectivity index (χ4v) is 5.15. The van der Waals surface area contributed by atoms with Crippen molar-refractivity contribution in [2.75, 3.05) is 33.4 Å². The molecule has 0 unspecified atom stereocenters. The molecule has 0 spiro atoms. The second kappa shape index (κ2) is 8.50. The van der Waals surface area contributed by atoms with Gasteiger partial charge in [-0.15, -0.1) is 11.3 Å². The molecule has 2 N–H and O–H groups in total. The zero-order valence-electron chi connectivity index (χ0n) is 16.4. The highest BCUT2D eigenvalue weighted by molar-refractivity contribution is 7.20. The summed E-state index contributed by atoms with van der Waals surface area (Å²) in [6.07, 6.45) is 1.26. The molecule has 0 radical (unpaired) electrons. The first kappa shape index (κ1) is 20.0. The minimum Gasteiger partial charge on any atom is -0.459 e. The predicted molar refractivity (Wildman–Crippen MR) is 104 cm³/mol. The van der Waals surface area contributed by atoms with E-state index < -0.39 is 5.97 Å². The monoisotopic (exact) mass is 394 g/mol. The summed E-state index contributed by atoms with van der Waals surface area (Å²) >= 11 is 1.23. The summed E-state index contributed by atoms with van der Waals surface area (Å²) < 4.78 is 10.1. The van der Waals surface area contributed by atoms with Crippen LogP contribution < -0.4 is 10.5 Å². The van der Waals surface area contributed by atoms with Crippen LogP contribution in [0.15, 0.2) is 4.79 Å². The quantitative estimate of drug-likeness (QED) is 0.567. The van der Waals surface area contributed by atoms with Crippen LogP contribution in [0.25, 0.3) is 10.2 Å². The molecule has 0 bridgehead atoms. The van der Waals surface area contributed by atoms with E-state index in [1.165, 1.54) is 22.7 Å². The number of esters is 1. The molecular weight excluding hydrogens is 366 g/mol. The molecule has 0 aromatic carbocycles. The first-order valence-electron chi connectivity index (χ1n) is 9.41. The zero-order valence-corrected chi connectivity index (χ0v) is 17.2. The Kier molecular flexibility index (Phi) is 6.29. The van der Waals surface area contributed by atoms with Gasteiger partial charge in [0.1, 0.15) is 22.9 Å².